The van der Waals surface area contributed by atoms with Crippen LogP contribution in [-0.2, 0) is 14.2 Å². The van der Waals surface area contributed by atoms with Gasteiger partial charge in [-0.15, -0.1) is 0 Å². The summed E-state index contributed by atoms with van der Waals surface area (Å²) in [6.07, 6.45) is 1.63. The summed E-state index contributed by atoms with van der Waals surface area (Å²) in [7, 11) is 0. The van der Waals surface area contributed by atoms with Crippen molar-refractivity contribution < 1.29 is 39.1 Å². The molecule has 2 aliphatic rings. The van der Waals surface area contributed by atoms with Gasteiger partial charge in [0.25, 0.3) is 0 Å². The SMILES string of the molecule is C[C@@H]1C/C=C\C(O)[C@H]2OC(C)(C)O[C@H]2CCOc2cc(O)cc(O)c2C(=O)O1. The molecule has 28 heavy (non-hydrogen) atoms. The number of carbonyl (C=O) groups is 1. The Hall–Kier alpha value is -2.29. The van der Waals surface area contributed by atoms with E-state index in [2.05, 4.69) is 0 Å². The lowest BCUT2D eigenvalue weighted by atomic mass is 10.0. The summed E-state index contributed by atoms with van der Waals surface area (Å²) in [6.45, 7) is 5.34. The number of aliphatic hydroxyl groups is 1. The maximum Gasteiger partial charge on any atom is 0.346 e. The zero-order valence-electron chi connectivity index (χ0n) is 16.1. The van der Waals surface area contributed by atoms with E-state index in [1.165, 1.54) is 6.07 Å². The van der Waals surface area contributed by atoms with Gasteiger partial charge in [-0.1, -0.05) is 12.2 Å². The minimum atomic E-state index is -0.891. The topological polar surface area (TPSA) is 115 Å². The summed E-state index contributed by atoms with van der Waals surface area (Å²) in [6, 6.07) is 2.30. The molecule has 1 unspecified atom stereocenters. The van der Waals surface area contributed by atoms with Gasteiger partial charge in [-0.05, 0) is 20.8 Å². The summed E-state index contributed by atoms with van der Waals surface area (Å²) in [5.41, 5.74) is -0.147. The third-order valence-corrected chi connectivity index (χ3v) is 4.60. The van der Waals surface area contributed by atoms with E-state index in [1.54, 1.807) is 32.9 Å². The van der Waals surface area contributed by atoms with Crippen LogP contribution in [0.2, 0.25) is 0 Å². The molecule has 3 N–H and O–H groups in total. The molecular weight excluding hydrogens is 368 g/mol. The number of aliphatic hydroxyl groups excluding tert-OH is 1. The predicted octanol–water partition coefficient (Wildman–Crippen LogP) is 2.25. The summed E-state index contributed by atoms with van der Waals surface area (Å²) >= 11 is 0. The molecule has 1 aromatic rings. The average Bonchev–Trinajstić information content (AvgIpc) is 2.88. The van der Waals surface area contributed by atoms with Gasteiger partial charge in [0.15, 0.2) is 5.79 Å². The number of cyclic esters (lactones) is 1. The van der Waals surface area contributed by atoms with Crippen molar-refractivity contribution in [3.63, 3.8) is 0 Å². The summed E-state index contributed by atoms with van der Waals surface area (Å²) in [5, 5.41) is 30.4. The number of aromatic hydroxyl groups is 2. The minimum absolute atomic E-state index is 0.0116. The molecule has 1 fully saturated rings. The van der Waals surface area contributed by atoms with Crippen LogP contribution in [0.1, 0.15) is 44.0 Å². The molecule has 0 saturated carbocycles. The number of carbonyl (C=O) groups excluding carboxylic acids is 1. The molecule has 1 aromatic carbocycles. The molecule has 1 saturated heterocycles. The van der Waals surface area contributed by atoms with Crippen molar-refractivity contribution in [1.82, 2.24) is 0 Å². The fourth-order valence-corrected chi connectivity index (χ4v) is 3.38. The molecule has 8 heteroatoms. The number of phenols is 2. The standard InChI is InChI=1S/C20H26O8/c1-11-5-4-6-13(22)18-15(27-20(2,3)28-18)7-8-25-16-10-12(21)9-14(23)17(16)19(24)26-11/h4,6,9-11,13,15,18,21-23H,5,7-8H2,1-3H3/b6-4-/t11-,13?,15+,18-/m1/s1. The van der Waals surface area contributed by atoms with Crippen molar-refractivity contribution in [3.8, 4) is 17.2 Å². The summed E-state index contributed by atoms with van der Waals surface area (Å²) in [4.78, 5) is 12.5. The number of hydrogen-bond acceptors (Lipinski definition) is 8. The molecule has 0 amide bonds. The van der Waals surface area contributed by atoms with Gasteiger partial charge in [0, 0.05) is 25.0 Å². The smallest absolute Gasteiger partial charge is 0.346 e. The van der Waals surface area contributed by atoms with Crippen molar-refractivity contribution in [3.05, 3.63) is 29.8 Å². The van der Waals surface area contributed by atoms with Gasteiger partial charge < -0.3 is 34.3 Å². The number of benzene rings is 1. The van der Waals surface area contributed by atoms with E-state index in [4.69, 9.17) is 18.9 Å². The summed E-state index contributed by atoms with van der Waals surface area (Å²) in [5.74, 6) is -2.26. The molecule has 8 nitrogen and oxygen atoms in total. The quantitative estimate of drug-likeness (QED) is 0.453. The van der Waals surface area contributed by atoms with Crippen LogP contribution in [-0.4, -0.2) is 58.1 Å². The first-order valence-electron chi connectivity index (χ1n) is 9.26. The maximum atomic E-state index is 12.5. The van der Waals surface area contributed by atoms with Crippen LogP contribution in [0.5, 0.6) is 17.2 Å². The van der Waals surface area contributed by atoms with Crippen LogP contribution in [0.25, 0.3) is 0 Å². The van der Waals surface area contributed by atoms with Crippen molar-refractivity contribution in [1.29, 1.82) is 0 Å². The number of esters is 1. The molecule has 0 bridgehead atoms. The van der Waals surface area contributed by atoms with Crippen molar-refractivity contribution in [2.75, 3.05) is 6.61 Å². The van der Waals surface area contributed by atoms with Gasteiger partial charge in [0.1, 0.15) is 41.1 Å². The first-order valence-corrected chi connectivity index (χ1v) is 9.26. The fraction of sp³-hybridized carbons (Fsp3) is 0.550. The Bertz CT molecular complexity index is 757. The van der Waals surface area contributed by atoms with Crippen LogP contribution in [0, 0.1) is 0 Å². The van der Waals surface area contributed by atoms with Crippen LogP contribution in [0.3, 0.4) is 0 Å². The van der Waals surface area contributed by atoms with E-state index >= 15 is 0 Å². The second-order valence-corrected chi connectivity index (χ2v) is 7.48. The average molecular weight is 394 g/mol. The number of ether oxygens (including phenoxy) is 4. The highest BCUT2D eigenvalue weighted by molar-refractivity contribution is 5.96. The Labute approximate surface area is 163 Å². The zero-order valence-corrected chi connectivity index (χ0v) is 16.1. The number of rotatable bonds is 0. The second kappa shape index (κ2) is 7.98. The Balaban J connectivity index is 1.90. The van der Waals surface area contributed by atoms with E-state index in [-0.39, 0.29) is 23.7 Å². The first kappa shape index (κ1) is 20.4. The van der Waals surface area contributed by atoms with E-state index < -0.39 is 41.9 Å². The highest BCUT2D eigenvalue weighted by Gasteiger charge is 2.44. The predicted molar refractivity (Wildman–Crippen MR) is 98.3 cm³/mol. The van der Waals surface area contributed by atoms with Gasteiger partial charge in [-0.2, -0.15) is 0 Å². The highest BCUT2D eigenvalue weighted by atomic mass is 16.8. The first-order chi connectivity index (χ1) is 13.2. The van der Waals surface area contributed by atoms with Gasteiger partial charge in [-0.25, -0.2) is 4.79 Å². The molecule has 0 aliphatic carbocycles. The van der Waals surface area contributed by atoms with Gasteiger partial charge >= 0.3 is 5.97 Å². The van der Waals surface area contributed by atoms with Gasteiger partial charge in [-0.3, -0.25) is 0 Å². The van der Waals surface area contributed by atoms with Crippen LogP contribution >= 0.6 is 0 Å². The summed E-state index contributed by atoms with van der Waals surface area (Å²) < 4.78 is 22.7. The Morgan fingerprint density at radius 2 is 1.93 bits per heavy atom. The van der Waals surface area contributed by atoms with Crippen LogP contribution in [0.4, 0.5) is 0 Å². The molecule has 2 heterocycles. The molecule has 4 atom stereocenters. The second-order valence-electron chi connectivity index (χ2n) is 7.48. The van der Waals surface area contributed by atoms with Crippen LogP contribution in [0.15, 0.2) is 24.3 Å². The maximum absolute atomic E-state index is 12.5. The van der Waals surface area contributed by atoms with Gasteiger partial charge in [0.05, 0.1) is 12.7 Å². The van der Waals surface area contributed by atoms with E-state index in [0.29, 0.717) is 12.8 Å². The lowest BCUT2D eigenvalue weighted by Gasteiger charge is -2.21. The Morgan fingerprint density at radius 3 is 2.68 bits per heavy atom. The highest BCUT2D eigenvalue weighted by Crippen LogP contribution is 2.36. The third-order valence-electron chi connectivity index (χ3n) is 4.60. The lowest BCUT2D eigenvalue weighted by molar-refractivity contribution is -0.153. The Morgan fingerprint density at radius 1 is 1.18 bits per heavy atom. The molecule has 0 radical (unpaired) electrons. The molecule has 154 valence electrons. The third kappa shape index (κ3) is 4.57. The lowest BCUT2D eigenvalue weighted by Crippen LogP contribution is -2.35. The molecule has 3 rings (SSSR count). The van der Waals surface area contributed by atoms with E-state index in [0.717, 1.165) is 6.07 Å². The molecule has 2 aliphatic heterocycles. The van der Waals surface area contributed by atoms with E-state index in [1.807, 2.05) is 0 Å². The van der Waals surface area contributed by atoms with Gasteiger partial charge in [0.2, 0.25) is 0 Å². The van der Waals surface area contributed by atoms with Crippen molar-refractivity contribution in [2.45, 2.75) is 63.8 Å². The molecular formula is C20H26O8. The molecule has 0 aromatic heterocycles. The Kier molecular flexibility index (Phi) is 5.83. The number of phenolic OH excluding ortho intramolecular Hbond substituents is 2. The molecule has 0 spiro atoms. The monoisotopic (exact) mass is 394 g/mol. The number of hydrogen-bond donors (Lipinski definition) is 3. The van der Waals surface area contributed by atoms with Crippen LogP contribution < -0.4 is 4.74 Å². The fourth-order valence-electron chi connectivity index (χ4n) is 3.38. The largest absolute Gasteiger partial charge is 0.508 e. The van der Waals surface area contributed by atoms with Crippen molar-refractivity contribution >= 4 is 5.97 Å². The minimum Gasteiger partial charge on any atom is -0.508 e. The zero-order chi connectivity index (χ0) is 20.5. The normalized spacial score (nSPS) is 31.6. The van der Waals surface area contributed by atoms with Crippen molar-refractivity contribution in [2.24, 2.45) is 0 Å². The van der Waals surface area contributed by atoms with E-state index in [9.17, 15) is 20.1 Å². The number of fused-ring (bicyclic) bond motifs is 2.